The van der Waals surface area contributed by atoms with Gasteiger partial charge in [0.05, 0.1) is 7.11 Å². The third-order valence-electron chi connectivity index (χ3n) is 2.69. The third kappa shape index (κ3) is 15.9. The molecule has 0 radical (unpaired) electrons. The summed E-state index contributed by atoms with van der Waals surface area (Å²) in [5, 5.41) is 0. The molecule has 0 atom stereocenters. The molecule has 0 saturated heterocycles. The maximum atomic E-state index is 10.9. The van der Waals surface area contributed by atoms with Crippen molar-refractivity contribution < 1.29 is 9.53 Å². The molecule has 0 aromatic heterocycles. The molecule has 0 aliphatic carbocycles. The Balaban J connectivity index is 3.51. The molecule has 21 heavy (non-hydrogen) atoms. The second kappa shape index (κ2) is 16.0. The predicted octanol–water partition coefficient (Wildman–Crippen LogP) is 4.75. The number of esters is 1. The summed E-state index contributed by atoms with van der Waals surface area (Å²) >= 11 is 0. The zero-order chi connectivity index (χ0) is 15.6. The van der Waals surface area contributed by atoms with Gasteiger partial charge < -0.3 is 4.74 Å². The highest BCUT2D eigenvalue weighted by Gasteiger charge is 1.98. The van der Waals surface area contributed by atoms with Crippen LogP contribution in [0.3, 0.4) is 0 Å². The monoisotopic (exact) mass is 286 g/mol. The number of unbranched alkanes of at least 4 members (excludes halogenated alkanes) is 4. The first-order valence-electron chi connectivity index (χ1n) is 7.47. The molecule has 0 bridgehead atoms. The number of carbonyl (C=O) groups excluding carboxylic acids is 1. The smallest absolute Gasteiger partial charge is 0.305 e. The van der Waals surface area contributed by atoms with Crippen LogP contribution in [0.2, 0.25) is 0 Å². The largest absolute Gasteiger partial charge is 0.469 e. The number of methoxy groups -OCH3 is 1. The quantitative estimate of drug-likeness (QED) is 0.265. The van der Waals surface area contributed by atoms with Crippen molar-refractivity contribution in [3.63, 3.8) is 0 Å². The average Bonchev–Trinajstić information content (AvgIpc) is 2.50. The molecule has 0 rings (SSSR count). The minimum Gasteiger partial charge on any atom is -0.469 e. The van der Waals surface area contributed by atoms with E-state index >= 15 is 0 Å². The minimum atomic E-state index is -0.117. The number of carbonyl (C=O) groups is 1. The lowest BCUT2D eigenvalue weighted by Crippen LogP contribution is -1.98. The fourth-order valence-electron chi connectivity index (χ4n) is 1.54. The molecule has 0 amide bonds. The van der Waals surface area contributed by atoms with E-state index in [1.54, 1.807) is 0 Å². The fourth-order valence-corrected chi connectivity index (χ4v) is 1.54. The summed E-state index contributed by atoms with van der Waals surface area (Å²) in [4.78, 5) is 10.9. The van der Waals surface area contributed by atoms with Gasteiger partial charge in [0.1, 0.15) is 0 Å². The molecule has 0 saturated carbocycles. The molecule has 0 aromatic rings. The van der Waals surface area contributed by atoms with Gasteiger partial charge in [-0.25, -0.2) is 0 Å². The van der Waals surface area contributed by atoms with Crippen molar-refractivity contribution in [2.75, 3.05) is 7.11 Å². The van der Waals surface area contributed by atoms with E-state index in [4.69, 9.17) is 0 Å². The highest BCUT2D eigenvalue weighted by atomic mass is 16.5. The Morgan fingerprint density at radius 1 is 0.952 bits per heavy atom. The summed E-state index contributed by atoms with van der Waals surface area (Å²) < 4.78 is 4.59. The van der Waals surface area contributed by atoms with Gasteiger partial charge in [-0.3, -0.25) is 4.79 Å². The molecule has 0 aliphatic heterocycles. The van der Waals surface area contributed by atoms with Crippen LogP contribution in [0.4, 0.5) is 0 Å². The maximum absolute atomic E-state index is 10.9. The zero-order valence-corrected chi connectivity index (χ0v) is 13.2. The van der Waals surface area contributed by atoms with Gasteiger partial charge in [-0.15, -0.1) is 0 Å². The average molecular weight is 286 g/mol. The van der Waals surface area contributed by atoms with Crippen LogP contribution in [0.25, 0.3) is 0 Å². The van der Waals surface area contributed by atoms with E-state index in [0.29, 0.717) is 6.42 Å². The van der Waals surface area contributed by atoms with Crippen molar-refractivity contribution >= 4 is 5.97 Å². The van der Waals surface area contributed by atoms with E-state index in [1.165, 1.54) is 7.11 Å². The summed E-state index contributed by atoms with van der Waals surface area (Å²) in [7, 11) is 1.43. The van der Waals surface area contributed by atoms with Crippen LogP contribution < -0.4 is 0 Å². The minimum absolute atomic E-state index is 0.117. The highest BCUT2D eigenvalue weighted by molar-refractivity contribution is 5.68. The standard InChI is InChI=1S/C19H26O2/c1-3-4-5-6-7-8-9-10-11-12-13-14-15-16-17-18-19(20)21-2/h3-10H,13-18H2,1-2H3/b4-3+,6-5+,8-7+,10-9-. The maximum Gasteiger partial charge on any atom is 0.305 e. The number of rotatable bonds is 9. The topological polar surface area (TPSA) is 26.3 Å². The van der Waals surface area contributed by atoms with Gasteiger partial charge in [0, 0.05) is 12.8 Å². The van der Waals surface area contributed by atoms with Crippen LogP contribution in [-0.2, 0) is 9.53 Å². The highest BCUT2D eigenvalue weighted by Crippen LogP contribution is 2.05. The predicted molar refractivity (Wildman–Crippen MR) is 89.7 cm³/mol. The Hall–Kier alpha value is -2.01. The van der Waals surface area contributed by atoms with E-state index < -0.39 is 0 Å². The Morgan fingerprint density at radius 3 is 2.33 bits per heavy atom. The van der Waals surface area contributed by atoms with Crippen molar-refractivity contribution in [3.05, 3.63) is 48.6 Å². The summed E-state index contributed by atoms with van der Waals surface area (Å²) in [5.41, 5.74) is 0. The molecule has 0 aromatic carbocycles. The van der Waals surface area contributed by atoms with Gasteiger partial charge in [-0.2, -0.15) is 0 Å². The fraction of sp³-hybridized carbons (Fsp3) is 0.421. The lowest BCUT2D eigenvalue weighted by molar-refractivity contribution is -0.140. The van der Waals surface area contributed by atoms with Crippen molar-refractivity contribution in [1.29, 1.82) is 0 Å². The number of hydrogen-bond acceptors (Lipinski definition) is 2. The lowest BCUT2D eigenvalue weighted by Gasteiger charge is -1.98. The van der Waals surface area contributed by atoms with Crippen molar-refractivity contribution in [2.45, 2.75) is 45.4 Å². The Kier molecular flexibility index (Phi) is 14.5. The molecular formula is C19H26O2. The van der Waals surface area contributed by atoms with E-state index in [1.807, 2.05) is 55.5 Å². The zero-order valence-electron chi connectivity index (χ0n) is 13.2. The molecule has 0 unspecified atom stereocenters. The molecular weight excluding hydrogens is 260 g/mol. The number of allylic oxidation sites excluding steroid dienone is 8. The summed E-state index contributed by atoms with van der Waals surface area (Å²) in [5.74, 6) is 6.01. The van der Waals surface area contributed by atoms with E-state index in [0.717, 1.165) is 32.1 Å². The van der Waals surface area contributed by atoms with Crippen LogP contribution in [0, 0.1) is 11.8 Å². The number of hydrogen-bond donors (Lipinski definition) is 0. The van der Waals surface area contributed by atoms with Crippen molar-refractivity contribution in [2.24, 2.45) is 0 Å². The van der Waals surface area contributed by atoms with Gasteiger partial charge in [0.2, 0.25) is 0 Å². The van der Waals surface area contributed by atoms with Gasteiger partial charge in [0.25, 0.3) is 0 Å². The van der Waals surface area contributed by atoms with Gasteiger partial charge in [-0.1, -0.05) is 67.2 Å². The van der Waals surface area contributed by atoms with Crippen LogP contribution in [0.1, 0.15) is 45.4 Å². The second-order valence-corrected chi connectivity index (χ2v) is 4.47. The first kappa shape index (κ1) is 19.0. The van der Waals surface area contributed by atoms with E-state index in [2.05, 4.69) is 16.6 Å². The van der Waals surface area contributed by atoms with Crippen LogP contribution >= 0.6 is 0 Å². The van der Waals surface area contributed by atoms with Crippen molar-refractivity contribution in [3.8, 4) is 11.8 Å². The van der Waals surface area contributed by atoms with Crippen LogP contribution in [-0.4, -0.2) is 13.1 Å². The first-order chi connectivity index (χ1) is 10.3. The second-order valence-electron chi connectivity index (χ2n) is 4.47. The van der Waals surface area contributed by atoms with Gasteiger partial charge in [0.15, 0.2) is 0 Å². The van der Waals surface area contributed by atoms with Crippen LogP contribution in [0.15, 0.2) is 48.6 Å². The molecule has 0 fully saturated rings. The molecule has 0 N–H and O–H groups in total. The van der Waals surface area contributed by atoms with Gasteiger partial charge >= 0.3 is 5.97 Å². The normalized spacial score (nSPS) is 11.5. The van der Waals surface area contributed by atoms with Crippen molar-refractivity contribution in [1.82, 2.24) is 0 Å². The summed E-state index contributed by atoms with van der Waals surface area (Å²) in [6, 6.07) is 0. The summed E-state index contributed by atoms with van der Waals surface area (Å²) in [6.07, 6.45) is 21.3. The molecule has 114 valence electrons. The Labute approximate surface area is 129 Å². The Morgan fingerprint density at radius 2 is 1.62 bits per heavy atom. The molecule has 0 heterocycles. The SMILES string of the molecule is C/C=C/C=C/C=C/C=C\C#CCCCCCCC(=O)OC. The molecule has 0 aliphatic rings. The van der Waals surface area contributed by atoms with Gasteiger partial charge in [-0.05, 0) is 25.8 Å². The lowest BCUT2D eigenvalue weighted by atomic mass is 10.1. The number of ether oxygens (including phenoxy) is 1. The molecule has 2 nitrogen and oxygen atoms in total. The molecule has 0 spiro atoms. The third-order valence-corrected chi connectivity index (χ3v) is 2.69. The van der Waals surface area contributed by atoms with E-state index in [9.17, 15) is 4.79 Å². The molecule has 2 heteroatoms. The first-order valence-corrected chi connectivity index (χ1v) is 7.47. The summed E-state index contributed by atoms with van der Waals surface area (Å²) in [6.45, 7) is 1.99. The Bertz CT molecular complexity index is 428. The van der Waals surface area contributed by atoms with Crippen LogP contribution in [0.5, 0.6) is 0 Å². The van der Waals surface area contributed by atoms with E-state index in [-0.39, 0.29) is 5.97 Å².